The number of carbonyl (C=O) groups excluding carboxylic acids is 2. The van der Waals surface area contributed by atoms with Crippen LogP contribution in [0, 0.1) is 0 Å². The number of nitrogens with one attached hydrogen (secondary N) is 2. The van der Waals surface area contributed by atoms with Gasteiger partial charge in [0.2, 0.25) is 5.01 Å². The molecule has 16 heteroatoms. The highest BCUT2D eigenvalue weighted by atomic mass is 32.1. The number of phenolic OH excluding ortho intramolecular Hbond substituents is 1. The van der Waals surface area contributed by atoms with Gasteiger partial charge in [-0.25, -0.2) is 9.07 Å². The molecule has 0 saturated carbocycles. The van der Waals surface area contributed by atoms with Crippen LogP contribution in [-0.2, 0) is 32.2 Å². The van der Waals surface area contributed by atoms with Gasteiger partial charge in [-0.05, 0) is 36.2 Å². The van der Waals surface area contributed by atoms with E-state index in [2.05, 4.69) is 36.1 Å². The lowest BCUT2D eigenvalue weighted by Crippen LogP contribution is -2.24. The highest BCUT2D eigenvalue weighted by Crippen LogP contribution is 2.29. The van der Waals surface area contributed by atoms with Crippen LogP contribution in [0.3, 0.4) is 0 Å². The van der Waals surface area contributed by atoms with Gasteiger partial charge in [-0.1, -0.05) is 28.7 Å². The summed E-state index contributed by atoms with van der Waals surface area (Å²) >= 11 is 1.04. The number of benzene rings is 1. The number of carbonyl (C=O) groups is 2. The van der Waals surface area contributed by atoms with Gasteiger partial charge < -0.3 is 15.7 Å². The summed E-state index contributed by atoms with van der Waals surface area (Å²) in [5.74, 6) is -1.06. The topological polar surface area (TPSA) is 148 Å². The molecule has 0 aliphatic carbocycles. The third-order valence-electron chi connectivity index (χ3n) is 5.43. The number of phenols is 1. The number of aromatic hydroxyl groups is 1. The van der Waals surface area contributed by atoms with Crippen LogP contribution in [0.25, 0.3) is 0 Å². The van der Waals surface area contributed by atoms with E-state index in [0.29, 0.717) is 10.6 Å². The summed E-state index contributed by atoms with van der Waals surface area (Å²) in [6, 6.07) is 8.10. The Labute approximate surface area is 228 Å². The quantitative estimate of drug-likeness (QED) is 0.230. The molecule has 210 valence electrons. The van der Waals surface area contributed by atoms with E-state index in [0.717, 1.165) is 34.3 Å². The van der Waals surface area contributed by atoms with Crippen molar-refractivity contribution in [2.75, 3.05) is 0 Å². The van der Waals surface area contributed by atoms with Crippen LogP contribution in [0.2, 0.25) is 0 Å². The fourth-order valence-electron chi connectivity index (χ4n) is 3.45. The van der Waals surface area contributed by atoms with E-state index in [1.165, 1.54) is 18.3 Å². The van der Waals surface area contributed by atoms with Gasteiger partial charge >= 0.3 is 6.18 Å². The molecule has 4 rings (SSSR count). The number of nitrogens with zero attached hydrogens (tertiary/aromatic N) is 6. The molecule has 1 unspecified atom stereocenters. The third kappa shape index (κ3) is 8.02. The smallest absolute Gasteiger partial charge is 0.416 e. The van der Waals surface area contributed by atoms with Crippen LogP contribution in [0.15, 0.2) is 48.8 Å². The van der Waals surface area contributed by atoms with Crippen molar-refractivity contribution >= 4 is 23.2 Å². The van der Waals surface area contributed by atoms with Gasteiger partial charge in [0.15, 0.2) is 5.69 Å². The first-order valence-corrected chi connectivity index (χ1v) is 12.6. The number of hydrogen-bond donors (Lipinski definition) is 3. The molecule has 4 aromatic rings. The van der Waals surface area contributed by atoms with E-state index < -0.39 is 29.7 Å². The molecule has 11 nitrogen and oxygen atoms in total. The number of aromatic nitrogens is 6. The standard InChI is InChI=1S/C24H22F4N8O3S/c25-16(4-5-20-33-34-23(40-20)22(39)30-10-14-2-1-3-18(37)8-14)12-36-13-19(32-35-36)21(38)31-11-17-9-15(6-7-29-17)24(26,27)28/h1-3,6-9,13,16,37H,4-5,10-12H2,(H,30,39)(H,31,38). The van der Waals surface area contributed by atoms with Crippen LogP contribution < -0.4 is 10.6 Å². The molecule has 2 amide bonds. The van der Waals surface area contributed by atoms with Crippen molar-refractivity contribution in [3.8, 4) is 5.75 Å². The largest absolute Gasteiger partial charge is 0.508 e. The Balaban J connectivity index is 1.21. The molecule has 0 aliphatic heterocycles. The number of amides is 2. The summed E-state index contributed by atoms with van der Waals surface area (Å²) in [7, 11) is 0. The van der Waals surface area contributed by atoms with Crippen molar-refractivity contribution in [2.24, 2.45) is 0 Å². The van der Waals surface area contributed by atoms with Gasteiger partial charge in [0, 0.05) is 19.2 Å². The Hall–Kier alpha value is -4.47. The molecule has 0 saturated heterocycles. The molecule has 40 heavy (non-hydrogen) atoms. The number of aryl methyl sites for hydroxylation is 1. The lowest BCUT2D eigenvalue weighted by atomic mass is 10.2. The van der Waals surface area contributed by atoms with Crippen molar-refractivity contribution in [2.45, 2.75) is 44.8 Å². The zero-order valence-electron chi connectivity index (χ0n) is 20.6. The summed E-state index contributed by atoms with van der Waals surface area (Å²) in [5.41, 5.74) is -0.303. The Bertz CT molecular complexity index is 1480. The highest BCUT2D eigenvalue weighted by Gasteiger charge is 2.30. The van der Waals surface area contributed by atoms with Gasteiger partial charge in [-0.2, -0.15) is 13.2 Å². The Morgan fingerprint density at radius 3 is 2.62 bits per heavy atom. The molecule has 3 N–H and O–H groups in total. The minimum atomic E-state index is -4.53. The van der Waals surface area contributed by atoms with Gasteiger partial charge in [0.25, 0.3) is 11.8 Å². The number of halogens is 4. The summed E-state index contributed by atoms with van der Waals surface area (Å²) < 4.78 is 54.2. The van der Waals surface area contributed by atoms with Gasteiger partial charge in [0.1, 0.15) is 16.9 Å². The first-order valence-electron chi connectivity index (χ1n) is 11.8. The number of alkyl halides is 4. The van der Waals surface area contributed by atoms with Crippen LogP contribution >= 0.6 is 11.3 Å². The van der Waals surface area contributed by atoms with Crippen molar-refractivity contribution in [1.82, 2.24) is 40.8 Å². The average Bonchev–Trinajstić information content (AvgIpc) is 3.59. The Morgan fingerprint density at radius 2 is 1.85 bits per heavy atom. The zero-order valence-corrected chi connectivity index (χ0v) is 21.4. The maximum absolute atomic E-state index is 14.6. The fourth-order valence-corrected chi connectivity index (χ4v) is 4.22. The molecule has 0 bridgehead atoms. The number of rotatable bonds is 11. The van der Waals surface area contributed by atoms with E-state index in [1.807, 2.05) is 0 Å². The Kier molecular flexibility index (Phi) is 8.98. The summed E-state index contributed by atoms with van der Waals surface area (Å²) in [6.07, 6.45) is -3.43. The van der Waals surface area contributed by atoms with E-state index >= 15 is 0 Å². The lowest BCUT2D eigenvalue weighted by Gasteiger charge is -2.08. The first kappa shape index (κ1) is 28.5. The normalized spacial score (nSPS) is 12.2. The summed E-state index contributed by atoms with van der Waals surface area (Å²) in [6.45, 7) is -0.278. The molecular formula is C24H22F4N8O3S. The predicted octanol–water partition coefficient (Wildman–Crippen LogP) is 3.08. The molecule has 0 aliphatic rings. The van der Waals surface area contributed by atoms with E-state index in [4.69, 9.17) is 0 Å². The van der Waals surface area contributed by atoms with Crippen LogP contribution in [0.1, 0.15) is 48.5 Å². The molecule has 1 atom stereocenters. The SMILES string of the molecule is O=C(NCc1cc(C(F)(F)F)ccn1)c1cn(CC(F)CCc2nnc(C(=O)NCc3cccc(O)c3)s2)nn1. The van der Waals surface area contributed by atoms with Crippen molar-refractivity contribution in [3.05, 3.63) is 81.3 Å². The second-order valence-corrected chi connectivity index (χ2v) is 9.59. The summed E-state index contributed by atoms with van der Waals surface area (Å²) in [5, 5.41) is 30.3. The van der Waals surface area contributed by atoms with E-state index in [1.54, 1.807) is 12.1 Å². The molecule has 3 aromatic heterocycles. The van der Waals surface area contributed by atoms with Crippen LogP contribution in [0.5, 0.6) is 5.75 Å². The molecule has 0 spiro atoms. The molecule has 0 radical (unpaired) electrons. The van der Waals surface area contributed by atoms with E-state index in [-0.39, 0.29) is 54.6 Å². The van der Waals surface area contributed by atoms with Crippen LogP contribution in [-0.4, -0.2) is 53.3 Å². The summed E-state index contributed by atoms with van der Waals surface area (Å²) in [4.78, 5) is 28.4. The Morgan fingerprint density at radius 1 is 1.05 bits per heavy atom. The maximum Gasteiger partial charge on any atom is 0.416 e. The van der Waals surface area contributed by atoms with Gasteiger partial charge in [-0.3, -0.25) is 14.6 Å². The van der Waals surface area contributed by atoms with E-state index in [9.17, 15) is 32.3 Å². The second-order valence-electron chi connectivity index (χ2n) is 8.53. The van der Waals surface area contributed by atoms with Crippen molar-refractivity contribution in [1.29, 1.82) is 0 Å². The van der Waals surface area contributed by atoms with Crippen LogP contribution in [0.4, 0.5) is 17.6 Å². The monoisotopic (exact) mass is 578 g/mol. The molecular weight excluding hydrogens is 556 g/mol. The molecule has 1 aromatic carbocycles. The second kappa shape index (κ2) is 12.6. The maximum atomic E-state index is 14.6. The van der Waals surface area contributed by atoms with Gasteiger partial charge in [0.05, 0.1) is 30.5 Å². The first-order chi connectivity index (χ1) is 19.1. The minimum Gasteiger partial charge on any atom is -0.508 e. The zero-order chi connectivity index (χ0) is 28.7. The van der Waals surface area contributed by atoms with Gasteiger partial charge in [-0.15, -0.1) is 15.3 Å². The fraction of sp³-hybridized carbons (Fsp3) is 0.292. The molecule has 3 heterocycles. The minimum absolute atomic E-state index is 0.00758. The van der Waals surface area contributed by atoms with Crippen molar-refractivity contribution in [3.63, 3.8) is 0 Å². The number of hydrogen-bond acceptors (Lipinski definition) is 9. The highest BCUT2D eigenvalue weighted by molar-refractivity contribution is 7.13. The third-order valence-corrected chi connectivity index (χ3v) is 6.41. The number of pyridine rings is 1. The molecule has 0 fully saturated rings. The van der Waals surface area contributed by atoms with Crippen molar-refractivity contribution < 1.29 is 32.3 Å². The average molecular weight is 579 g/mol. The lowest BCUT2D eigenvalue weighted by molar-refractivity contribution is -0.137. The predicted molar refractivity (Wildman–Crippen MR) is 133 cm³/mol.